The molecule has 124 valence electrons. The minimum absolute atomic E-state index is 0.152. The Balaban J connectivity index is 1.71. The molecule has 0 fully saturated rings. The summed E-state index contributed by atoms with van der Waals surface area (Å²) in [6.07, 6.45) is 1.09. The van der Waals surface area contributed by atoms with Crippen LogP contribution in [-0.4, -0.2) is 17.0 Å². The second kappa shape index (κ2) is 7.20. The first-order valence-electron chi connectivity index (χ1n) is 7.69. The van der Waals surface area contributed by atoms with Crippen LogP contribution in [0, 0.1) is 0 Å². The minimum atomic E-state index is -0.199. The molecule has 1 heterocycles. The largest absolute Gasteiger partial charge is 0.491 e. The molecule has 6 heteroatoms. The minimum Gasteiger partial charge on any atom is -0.491 e. The molecule has 0 bridgehead atoms. The van der Waals surface area contributed by atoms with Crippen molar-refractivity contribution in [1.29, 1.82) is 0 Å². The summed E-state index contributed by atoms with van der Waals surface area (Å²) >= 11 is 7.37. The van der Waals surface area contributed by atoms with Crippen LogP contribution in [0.5, 0.6) is 5.75 Å². The maximum atomic E-state index is 12.3. The molecular formula is C18H17ClN2O2S. The average molecular weight is 361 g/mol. The number of carbonyl (C=O) groups is 1. The van der Waals surface area contributed by atoms with Crippen molar-refractivity contribution in [3.63, 3.8) is 0 Å². The number of aromatic nitrogens is 1. The smallest absolute Gasteiger partial charge is 0.257 e. The van der Waals surface area contributed by atoms with Crippen LogP contribution in [0.1, 0.15) is 30.6 Å². The van der Waals surface area contributed by atoms with Crippen LogP contribution >= 0.6 is 22.9 Å². The van der Waals surface area contributed by atoms with Gasteiger partial charge in [-0.15, -0.1) is 0 Å². The number of rotatable bonds is 5. The van der Waals surface area contributed by atoms with Crippen LogP contribution in [0.25, 0.3) is 10.2 Å². The van der Waals surface area contributed by atoms with E-state index in [2.05, 4.69) is 17.2 Å². The fourth-order valence-electron chi connectivity index (χ4n) is 2.12. The fraction of sp³-hybridized carbons (Fsp3) is 0.222. The Hall–Kier alpha value is -2.11. The second-order valence-electron chi connectivity index (χ2n) is 5.45. The molecule has 1 amide bonds. The molecule has 3 aromatic rings. The number of hydrogen-bond donors (Lipinski definition) is 1. The Morgan fingerprint density at radius 2 is 2.04 bits per heavy atom. The number of anilines is 1. The first-order valence-corrected chi connectivity index (χ1v) is 8.88. The van der Waals surface area contributed by atoms with Gasteiger partial charge in [-0.25, -0.2) is 4.98 Å². The highest BCUT2D eigenvalue weighted by Gasteiger charge is 2.11. The van der Waals surface area contributed by atoms with E-state index in [1.165, 1.54) is 11.3 Å². The average Bonchev–Trinajstić information content (AvgIpc) is 2.96. The Kier molecular flexibility index (Phi) is 5.02. The molecule has 0 radical (unpaired) electrons. The molecule has 4 nitrogen and oxygen atoms in total. The number of fused-ring (bicyclic) bond motifs is 1. The van der Waals surface area contributed by atoms with Crippen LogP contribution in [0.2, 0.25) is 5.02 Å². The zero-order chi connectivity index (χ0) is 17.1. The Bertz CT molecular complexity index is 861. The van der Waals surface area contributed by atoms with E-state index in [4.69, 9.17) is 16.3 Å². The van der Waals surface area contributed by atoms with Gasteiger partial charge in [0.25, 0.3) is 5.91 Å². The van der Waals surface area contributed by atoms with Gasteiger partial charge in [-0.2, -0.15) is 0 Å². The van der Waals surface area contributed by atoms with Gasteiger partial charge in [0.2, 0.25) is 0 Å². The molecule has 0 unspecified atom stereocenters. The third-order valence-corrected chi connectivity index (χ3v) is 4.77. The number of halogens is 1. The maximum absolute atomic E-state index is 12.3. The van der Waals surface area contributed by atoms with E-state index >= 15 is 0 Å². The quantitative estimate of drug-likeness (QED) is 0.664. The molecule has 0 saturated carbocycles. The number of nitrogens with one attached hydrogen (secondary N) is 1. The van der Waals surface area contributed by atoms with E-state index in [0.29, 0.717) is 15.7 Å². The molecule has 0 spiro atoms. The summed E-state index contributed by atoms with van der Waals surface area (Å²) < 4.78 is 6.65. The molecule has 1 aromatic heterocycles. The fourth-order valence-corrected chi connectivity index (χ4v) is 3.26. The van der Waals surface area contributed by atoms with Gasteiger partial charge in [0, 0.05) is 10.6 Å². The van der Waals surface area contributed by atoms with Crippen LogP contribution < -0.4 is 10.1 Å². The number of carbonyl (C=O) groups excluding carboxylic acids is 1. The normalized spacial score (nSPS) is 12.1. The predicted octanol–water partition coefficient (Wildman–Crippen LogP) is 5.38. The summed E-state index contributed by atoms with van der Waals surface area (Å²) in [4.78, 5) is 16.7. The maximum Gasteiger partial charge on any atom is 0.257 e. The molecule has 2 aromatic carbocycles. The van der Waals surface area contributed by atoms with E-state index in [0.717, 1.165) is 22.4 Å². The van der Waals surface area contributed by atoms with Crippen molar-refractivity contribution >= 4 is 44.2 Å². The van der Waals surface area contributed by atoms with Gasteiger partial charge in [0.15, 0.2) is 5.13 Å². The lowest BCUT2D eigenvalue weighted by molar-refractivity contribution is 0.102. The van der Waals surface area contributed by atoms with Gasteiger partial charge in [-0.1, -0.05) is 29.9 Å². The van der Waals surface area contributed by atoms with Crippen LogP contribution in [0.4, 0.5) is 5.13 Å². The standard InChI is InChI=1S/C18H17ClN2O2S/c1-3-11(2)23-14-7-4-12(5-8-14)17(22)21-18-20-15-9-6-13(19)10-16(15)24-18/h4-11H,3H2,1-2H3,(H,20,21,22)/t11-/m1/s1. The Labute approximate surface area is 149 Å². The Morgan fingerprint density at radius 1 is 1.29 bits per heavy atom. The lowest BCUT2D eigenvalue weighted by atomic mass is 10.2. The van der Waals surface area contributed by atoms with Gasteiger partial charge in [0.1, 0.15) is 5.75 Å². The number of amides is 1. The molecule has 0 saturated heterocycles. The number of thiazole rings is 1. The highest BCUT2D eigenvalue weighted by molar-refractivity contribution is 7.22. The number of benzene rings is 2. The van der Waals surface area contributed by atoms with Gasteiger partial charge in [-0.3, -0.25) is 10.1 Å². The van der Waals surface area contributed by atoms with Crippen LogP contribution in [-0.2, 0) is 0 Å². The van der Waals surface area contributed by atoms with Crippen molar-refractivity contribution in [3.8, 4) is 5.75 Å². The summed E-state index contributed by atoms with van der Waals surface area (Å²) in [5, 5.41) is 4.03. The molecule has 1 atom stereocenters. The van der Waals surface area contributed by atoms with Crippen LogP contribution in [0.3, 0.4) is 0 Å². The molecular weight excluding hydrogens is 344 g/mol. The van der Waals surface area contributed by atoms with E-state index in [-0.39, 0.29) is 12.0 Å². The lowest BCUT2D eigenvalue weighted by Crippen LogP contribution is -2.12. The van der Waals surface area contributed by atoms with Crippen molar-refractivity contribution in [2.75, 3.05) is 5.32 Å². The number of nitrogens with zero attached hydrogens (tertiary/aromatic N) is 1. The lowest BCUT2D eigenvalue weighted by Gasteiger charge is -2.12. The summed E-state index contributed by atoms with van der Waals surface area (Å²) in [6, 6.07) is 12.6. The second-order valence-corrected chi connectivity index (χ2v) is 6.91. The van der Waals surface area contributed by atoms with Crippen molar-refractivity contribution in [1.82, 2.24) is 4.98 Å². The van der Waals surface area contributed by atoms with Crippen molar-refractivity contribution in [2.24, 2.45) is 0 Å². The topological polar surface area (TPSA) is 51.2 Å². The molecule has 24 heavy (non-hydrogen) atoms. The monoisotopic (exact) mass is 360 g/mol. The van der Waals surface area contributed by atoms with Gasteiger partial charge in [0.05, 0.1) is 16.3 Å². The van der Waals surface area contributed by atoms with Gasteiger partial charge in [-0.05, 0) is 55.8 Å². The Morgan fingerprint density at radius 3 is 2.75 bits per heavy atom. The van der Waals surface area contributed by atoms with E-state index in [1.807, 2.05) is 19.1 Å². The first kappa shape index (κ1) is 16.7. The zero-order valence-corrected chi connectivity index (χ0v) is 14.9. The summed E-state index contributed by atoms with van der Waals surface area (Å²) in [7, 11) is 0. The van der Waals surface area contributed by atoms with Crippen molar-refractivity contribution < 1.29 is 9.53 Å². The third-order valence-electron chi connectivity index (χ3n) is 3.60. The molecule has 0 aliphatic heterocycles. The van der Waals surface area contributed by atoms with E-state index in [9.17, 15) is 4.79 Å². The first-order chi connectivity index (χ1) is 11.5. The summed E-state index contributed by atoms with van der Waals surface area (Å²) in [5.41, 5.74) is 1.38. The SMILES string of the molecule is CC[C@@H](C)Oc1ccc(C(=O)Nc2nc3ccc(Cl)cc3s2)cc1. The van der Waals surface area contributed by atoms with Crippen molar-refractivity contribution in [2.45, 2.75) is 26.4 Å². The van der Waals surface area contributed by atoms with Gasteiger partial charge >= 0.3 is 0 Å². The molecule has 0 aliphatic carbocycles. The van der Waals surface area contributed by atoms with E-state index < -0.39 is 0 Å². The molecule has 3 rings (SSSR count). The van der Waals surface area contributed by atoms with Gasteiger partial charge < -0.3 is 4.74 Å². The van der Waals surface area contributed by atoms with E-state index in [1.54, 1.807) is 30.3 Å². The van der Waals surface area contributed by atoms with Crippen LogP contribution in [0.15, 0.2) is 42.5 Å². The highest BCUT2D eigenvalue weighted by atomic mass is 35.5. The third kappa shape index (κ3) is 3.86. The summed E-state index contributed by atoms with van der Waals surface area (Å²) in [5.74, 6) is 0.561. The summed E-state index contributed by atoms with van der Waals surface area (Å²) in [6.45, 7) is 4.08. The molecule has 1 N–H and O–H groups in total. The predicted molar refractivity (Wildman–Crippen MR) is 99.4 cm³/mol. The zero-order valence-electron chi connectivity index (χ0n) is 13.4. The highest BCUT2D eigenvalue weighted by Crippen LogP contribution is 2.28. The molecule has 0 aliphatic rings. The van der Waals surface area contributed by atoms with Crippen molar-refractivity contribution in [3.05, 3.63) is 53.1 Å². The number of ether oxygens (including phenoxy) is 1. The number of hydrogen-bond acceptors (Lipinski definition) is 4.